The topological polar surface area (TPSA) is 137 Å². The van der Waals surface area contributed by atoms with Crippen LogP contribution in [0.5, 0.6) is 0 Å². The fraction of sp³-hybridized carbons (Fsp3) is 0.543. The monoisotopic (exact) mass is 640 g/mol. The molecular formula is C35H44N8O4. The van der Waals surface area contributed by atoms with Crippen LogP contribution in [0.15, 0.2) is 43.0 Å². The first kappa shape index (κ1) is 31.6. The normalized spacial score (nSPS) is 22.6. The van der Waals surface area contributed by atoms with Gasteiger partial charge >= 0.3 is 0 Å². The van der Waals surface area contributed by atoms with Crippen LogP contribution in [0, 0.1) is 0 Å². The number of nitrogens with zero attached hydrogens (tertiary/aromatic N) is 7. The predicted octanol–water partition coefficient (Wildman–Crippen LogP) is 2.88. The summed E-state index contributed by atoms with van der Waals surface area (Å²) >= 11 is 0. The highest BCUT2D eigenvalue weighted by Gasteiger charge is 2.41. The number of aliphatic hydroxyl groups is 1. The second-order valence-electron chi connectivity index (χ2n) is 14.0. The number of hydrogen-bond acceptors (Lipinski definition) is 9. The van der Waals surface area contributed by atoms with Crippen LogP contribution in [0.3, 0.4) is 0 Å². The van der Waals surface area contributed by atoms with Gasteiger partial charge in [-0.05, 0) is 60.8 Å². The van der Waals surface area contributed by atoms with Gasteiger partial charge in [-0.3, -0.25) is 34.2 Å². The van der Waals surface area contributed by atoms with E-state index in [1.165, 1.54) is 11.1 Å². The summed E-state index contributed by atoms with van der Waals surface area (Å²) in [6.45, 7) is 9.66. The summed E-state index contributed by atoms with van der Waals surface area (Å²) in [5.41, 5.74) is 3.57. The molecule has 0 aliphatic carbocycles. The van der Waals surface area contributed by atoms with Crippen molar-refractivity contribution in [1.29, 1.82) is 0 Å². The zero-order valence-electron chi connectivity index (χ0n) is 27.3. The number of aromatic nitrogens is 4. The molecule has 0 bridgehead atoms. The summed E-state index contributed by atoms with van der Waals surface area (Å²) < 4.78 is 2.13. The Morgan fingerprint density at radius 2 is 1.68 bits per heavy atom. The molecule has 7 rings (SSSR count). The van der Waals surface area contributed by atoms with Gasteiger partial charge in [0.25, 0.3) is 5.91 Å². The van der Waals surface area contributed by atoms with E-state index >= 15 is 0 Å². The van der Waals surface area contributed by atoms with Gasteiger partial charge in [-0.2, -0.15) is 5.10 Å². The molecule has 4 aliphatic rings. The van der Waals surface area contributed by atoms with Crippen molar-refractivity contribution in [3.8, 4) is 0 Å². The van der Waals surface area contributed by atoms with Crippen LogP contribution < -0.4 is 5.32 Å². The zero-order chi connectivity index (χ0) is 32.7. The van der Waals surface area contributed by atoms with Gasteiger partial charge in [0.2, 0.25) is 11.8 Å². The molecule has 2 aromatic heterocycles. The lowest BCUT2D eigenvalue weighted by molar-refractivity contribution is -0.136. The van der Waals surface area contributed by atoms with E-state index in [1.807, 2.05) is 30.7 Å². The van der Waals surface area contributed by atoms with E-state index in [0.29, 0.717) is 43.3 Å². The Hall–Kier alpha value is -4.00. The molecule has 3 aromatic rings. The van der Waals surface area contributed by atoms with Gasteiger partial charge in [-0.1, -0.05) is 26.0 Å². The fourth-order valence-corrected chi connectivity index (χ4v) is 7.44. The minimum Gasteiger partial charge on any atom is -0.385 e. The van der Waals surface area contributed by atoms with E-state index in [-0.39, 0.29) is 18.2 Å². The lowest BCUT2D eigenvalue weighted by Gasteiger charge is -2.38. The Labute approximate surface area is 275 Å². The summed E-state index contributed by atoms with van der Waals surface area (Å²) in [4.78, 5) is 52.6. The highest BCUT2D eigenvalue weighted by molar-refractivity contribution is 6.05. The number of likely N-dealkylation sites (tertiary alicyclic amines) is 2. The number of hydrogen-bond donors (Lipinski definition) is 2. The molecule has 1 aromatic carbocycles. The first-order valence-corrected chi connectivity index (χ1v) is 16.9. The first-order valence-electron chi connectivity index (χ1n) is 16.9. The van der Waals surface area contributed by atoms with Crippen molar-refractivity contribution in [2.75, 3.05) is 26.2 Å². The highest BCUT2D eigenvalue weighted by Crippen LogP contribution is 2.37. The van der Waals surface area contributed by atoms with Crippen molar-refractivity contribution < 1.29 is 19.5 Å². The van der Waals surface area contributed by atoms with E-state index in [9.17, 15) is 19.5 Å². The van der Waals surface area contributed by atoms with Gasteiger partial charge in [-0.25, -0.2) is 9.97 Å². The van der Waals surface area contributed by atoms with E-state index in [0.717, 1.165) is 69.1 Å². The van der Waals surface area contributed by atoms with Gasteiger partial charge in [0.15, 0.2) is 0 Å². The number of rotatable bonds is 8. The number of amides is 3. The van der Waals surface area contributed by atoms with Gasteiger partial charge in [0, 0.05) is 75.4 Å². The zero-order valence-corrected chi connectivity index (χ0v) is 27.3. The standard InChI is InChI=1S/C35H44N8O4/c1-23(2)26-17-36-31(37-18-26)22-40-11-7-28(8-12-40)43-20-24(16-38-43)19-41-13-9-35(47,10-14-41)27-3-4-29-25(15-27)21-42(34(29)46)30-5-6-32(44)39-33(30)45/h3-4,15-18,20,23,28,30,47H,5-14,19,21-22H2,1-2H3,(H,39,44,45). The molecule has 3 saturated heterocycles. The van der Waals surface area contributed by atoms with Crippen LogP contribution in [0.25, 0.3) is 0 Å². The van der Waals surface area contributed by atoms with Crippen molar-refractivity contribution >= 4 is 17.7 Å². The van der Waals surface area contributed by atoms with Crippen LogP contribution in [0.1, 0.15) is 103 Å². The summed E-state index contributed by atoms with van der Waals surface area (Å²) in [6.07, 6.45) is 11.9. The average molecular weight is 641 g/mol. The van der Waals surface area contributed by atoms with Crippen molar-refractivity contribution in [1.82, 2.24) is 39.8 Å². The molecule has 0 spiro atoms. The number of nitrogens with one attached hydrogen (secondary N) is 1. The molecule has 4 aliphatic heterocycles. The molecule has 12 heteroatoms. The Bertz CT molecular complexity index is 1640. The van der Waals surface area contributed by atoms with E-state index in [4.69, 9.17) is 5.10 Å². The molecule has 2 N–H and O–H groups in total. The van der Waals surface area contributed by atoms with Crippen LogP contribution in [-0.4, -0.2) is 89.5 Å². The van der Waals surface area contributed by atoms with Crippen LogP contribution in [0.2, 0.25) is 0 Å². The molecule has 1 atom stereocenters. The molecule has 3 amide bonds. The number of imide groups is 1. The molecule has 0 radical (unpaired) electrons. The second-order valence-corrected chi connectivity index (χ2v) is 14.0. The van der Waals surface area contributed by atoms with Crippen LogP contribution in [-0.2, 0) is 34.8 Å². The average Bonchev–Trinajstić information content (AvgIpc) is 3.67. The van der Waals surface area contributed by atoms with Gasteiger partial charge in [0.1, 0.15) is 11.9 Å². The smallest absolute Gasteiger partial charge is 0.255 e. The number of fused-ring (bicyclic) bond motifs is 1. The summed E-state index contributed by atoms with van der Waals surface area (Å²) in [5, 5.41) is 18.8. The maximum atomic E-state index is 13.1. The maximum Gasteiger partial charge on any atom is 0.255 e. The maximum absolute atomic E-state index is 13.1. The molecule has 3 fully saturated rings. The van der Waals surface area contributed by atoms with Gasteiger partial charge < -0.3 is 10.0 Å². The van der Waals surface area contributed by atoms with Crippen molar-refractivity contribution in [2.45, 2.75) is 95.6 Å². The van der Waals surface area contributed by atoms with Crippen molar-refractivity contribution in [2.24, 2.45) is 0 Å². The molecule has 12 nitrogen and oxygen atoms in total. The Morgan fingerprint density at radius 1 is 0.957 bits per heavy atom. The second kappa shape index (κ2) is 12.9. The van der Waals surface area contributed by atoms with Crippen LogP contribution >= 0.6 is 0 Å². The molecule has 248 valence electrons. The number of piperidine rings is 3. The lowest BCUT2D eigenvalue weighted by Crippen LogP contribution is -2.52. The Balaban J connectivity index is 0.897. The molecular weight excluding hydrogens is 596 g/mol. The molecule has 0 saturated carbocycles. The largest absolute Gasteiger partial charge is 0.385 e. The SMILES string of the molecule is CC(C)c1cnc(CN2CCC(n3cc(CN4CCC(O)(c5ccc6c(c5)CN(C5CCC(=O)NC5=O)C6=O)CC4)cn3)CC2)nc1. The lowest BCUT2D eigenvalue weighted by atomic mass is 9.83. The van der Waals surface area contributed by atoms with Gasteiger partial charge in [0.05, 0.1) is 24.4 Å². The fourth-order valence-electron chi connectivity index (χ4n) is 7.44. The molecule has 1 unspecified atom stereocenters. The number of benzene rings is 1. The Morgan fingerprint density at radius 3 is 2.38 bits per heavy atom. The highest BCUT2D eigenvalue weighted by atomic mass is 16.3. The summed E-state index contributed by atoms with van der Waals surface area (Å²) in [6, 6.07) is 5.30. The summed E-state index contributed by atoms with van der Waals surface area (Å²) in [7, 11) is 0. The van der Waals surface area contributed by atoms with E-state index < -0.39 is 17.6 Å². The van der Waals surface area contributed by atoms with E-state index in [2.05, 4.69) is 49.8 Å². The number of carbonyl (C=O) groups excluding carboxylic acids is 3. The van der Waals surface area contributed by atoms with E-state index in [1.54, 1.807) is 11.0 Å². The quantitative estimate of drug-likeness (QED) is 0.356. The third-order valence-corrected chi connectivity index (χ3v) is 10.5. The summed E-state index contributed by atoms with van der Waals surface area (Å²) in [5.74, 6) is 0.400. The minimum atomic E-state index is -0.976. The minimum absolute atomic E-state index is 0.198. The van der Waals surface area contributed by atoms with Crippen LogP contribution in [0.4, 0.5) is 0 Å². The molecule has 47 heavy (non-hydrogen) atoms. The first-order chi connectivity index (χ1) is 22.6. The van der Waals surface area contributed by atoms with Crippen molar-refractivity contribution in [3.63, 3.8) is 0 Å². The third-order valence-electron chi connectivity index (χ3n) is 10.5. The molecule has 6 heterocycles. The third kappa shape index (κ3) is 6.59. The van der Waals surface area contributed by atoms with Gasteiger partial charge in [-0.15, -0.1) is 0 Å². The van der Waals surface area contributed by atoms with Crippen molar-refractivity contribution in [3.05, 3.63) is 76.6 Å². The predicted molar refractivity (Wildman–Crippen MR) is 173 cm³/mol. The Kier molecular flexibility index (Phi) is 8.67. The number of carbonyl (C=O) groups is 3.